The lowest BCUT2D eigenvalue weighted by atomic mass is 9.97. The van der Waals surface area contributed by atoms with Gasteiger partial charge >= 0.3 is 5.97 Å². The molecular formula is C49H75N9O11. The van der Waals surface area contributed by atoms with E-state index in [2.05, 4.69) is 42.5 Å². The normalized spacial score (nSPS) is 15.2. The minimum Gasteiger partial charge on any atom is -0.480 e. The van der Waals surface area contributed by atoms with Gasteiger partial charge in [-0.2, -0.15) is 0 Å². The van der Waals surface area contributed by atoms with Gasteiger partial charge in [0.15, 0.2) is 0 Å². The third-order valence-corrected chi connectivity index (χ3v) is 11.2. The molecule has 69 heavy (non-hydrogen) atoms. The minimum absolute atomic E-state index is 0.0150. The smallest absolute Gasteiger partial charge is 0.326 e. The molecule has 0 heterocycles. The second-order valence-electron chi connectivity index (χ2n) is 18.6. The third kappa shape index (κ3) is 21.2. The molecule has 2 aromatic carbocycles. The lowest BCUT2D eigenvalue weighted by Crippen LogP contribution is -2.61. The first-order valence-electron chi connectivity index (χ1n) is 23.5. The van der Waals surface area contributed by atoms with Gasteiger partial charge in [-0.15, -0.1) is 0 Å². The number of hydrogen-bond donors (Lipinski definition) is 11. The molecule has 12 N–H and O–H groups in total. The van der Waals surface area contributed by atoms with Gasteiger partial charge in [0.1, 0.15) is 48.8 Å². The number of carbonyl (C=O) groups is 9. The van der Waals surface area contributed by atoms with E-state index < -0.39 is 114 Å². The molecule has 0 aliphatic heterocycles. The molecule has 20 nitrogen and oxygen atoms in total. The maximum atomic E-state index is 14.2. The number of nitrogens with one attached hydrogen (secondary N) is 8. The average Bonchev–Trinajstić information content (AvgIpc) is 3.27. The lowest BCUT2D eigenvalue weighted by molar-refractivity contribution is -0.143. The molecular weight excluding hydrogens is 891 g/mol. The van der Waals surface area contributed by atoms with Crippen molar-refractivity contribution in [3.63, 3.8) is 0 Å². The molecule has 0 spiro atoms. The Morgan fingerprint density at radius 2 is 0.957 bits per heavy atom. The van der Waals surface area contributed by atoms with Crippen LogP contribution in [-0.4, -0.2) is 119 Å². The average molecular weight is 966 g/mol. The predicted molar refractivity (Wildman–Crippen MR) is 258 cm³/mol. The molecule has 0 saturated heterocycles. The van der Waals surface area contributed by atoms with Gasteiger partial charge in [-0.3, -0.25) is 38.4 Å². The third-order valence-electron chi connectivity index (χ3n) is 11.2. The highest BCUT2D eigenvalue weighted by atomic mass is 16.4. The lowest BCUT2D eigenvalue weighted by Gasteiger charge is -2.29. The fraction of sp³-hybridized carbons (Fsp3) is 0.571. The van der Waals surface area contributed by atoms with Gasteiger partial charge in [0.2, 0.25) is 47.3 Å². The monoisotopic (exact) mass is 966 g/mol. The number of amides is 8. The molecule has 0 aliphatic rings. The Kier molecular flexibility index (Phi) is 25.1. The van der Waals surface area contributed by atoms with Crippen molar-refractivity contribution in [2.75, 3.05) is 6.54 Å². The van der Waals surface area contributed by atoms with E-state index in [9.17, 15) is 53.4 Å². The summed E-state index contributed by atoms with van der Waals surface area (Å²) in [5, 5.41) is 41.2. The summed E-state index contributed by atoms with van der Waals surface area (Å²) >= 11 is 0. The summed E-state index contributed by atoms with van der Waals surface area (Å²) in [5.74, 6) is -8.36. The van der Waals surface area contributed by atoms with E-state index >= 15 is 0 Å². The molecule has 0 aromatic heterocycles. The number of carboxylic acids is 1. The van der Waals surface area contributed by atoms with E-state index in [0.717, 1.165) is 0 Å². The van der Waals surface area contributed by atoms with E-state index in [-0.39, 0.29) is 50.0 Å². The van der Waals surface area contributed by atoms with Crippen LogP contribution in [0.15, 0.2) is 60.7 Å². The standard InChI is InChI=1S/C49H75N9O11/c1-10-30(8)42(56-40(62)26-50)47(66)55-37(22-28(4)5)54-39(61)25-38(60)51-34(23-32-17-13-11-14-18-32)44(63)57-41(29(6)7)46(65)52-35(24-33-19-15-12-16-20-33)45(64)58-43(31(9)59)48(67)53-36(49(68)69)21-27(2)3/h11-20,27-31,34-37,41-43,59H,10,21-26,50H2,1-9H3,(H,51,60)(H,52,65)(H,53,67)(H,54,61)(H,55,66)(H,56,62)(H,57,63)(H,58,64)(H,68,69)/t30-,31+,34-,35-,36-,37+,41-,42-,43-/m0/s1. The maximum absolute atomic E-state index is 14.2. The summed E-state index contributed by atoms with van der Waals surface area (Å²) < 4.78 is 0. The minimum atomic E-state index is -1.61. The number of hydrogen-bond acceptors (Lipinski definition) is 11. The molecule has 0 aliphatic carbocycles. The Hall–Kier alpha value is -6.41. The van der Waals surface area contributed by atoms with Crippen LogP contribution in [0.1, 0.15) is 99.1 Å². The van der Waals surface area contributed by atoms with Crippen LogP contribution >= 0.6 is 0 Å². The van der Waals surface area contributed by atoms with E-state index in [1.807, 2.05) is 20.8 Å². The molecule has 8 amide bonds. The van der Waals surface area contributed by atoms with Crippen molar-refractivity contribution >= 4 is 53.2 Å². The molecule has 20 heteroatoms. The first-order chi connectivity index (χ1) is 32.4. The van der Waals surface area contributed by atoms with Gasteiger partial charge in [-0.1, -0.05) is 122 Å². The summed E-state index contributed by atoms with van der Waals surface area (Å²) in [6, 6.07) is 9.51. The highest BCUT2D eigenvalue weighted by molar-refractivity contribution is 6.00. The van der Waals surface area contributed by atoms with Crippen LogP contribution in [0.4, 0.5) is 0 Å². The fourth-order valence-corrected chi connectivity index (χ4v) is 7.24. The van der Waals surface area contributed by atoms with Gasteiger partial charge < -0.3 is 58.5 Å². The Morgan fingerprint density at radius 3 is 1.41 bits per heavy atom. The van der Waals surface area contributed by atoms with Crippen molar-refractivity contribution in [1.82, 2.24) is 42.5 Å². The van der Waals surface area contributed by atoms with Crippen LogP contribution in [-0.2, 0) is 56.0 Å². The van der Waals surface area contributed by atoms with Crippen molar-refractivity contribution in [1.29, 1.82) is 0 Å². The number of aliphatic hydroxyl groups excluding tert-OH is 1. The zero-order valence-electron chi connectivity index (χ0n) is 41.3. The quantitative estimate of drug-likeness (QED) is 0.0394. The van der Waals surface area contributed by atoms with Crippen LogP contribution in [0.5, 0.6) is 0 Å². The van der Waals surface area contributed by atoms with Crippen LogP contribution < -0.4 is 48.3 Å². The summed E-state index contributed by atoms with van der Waals surface area (Å²) in [4.78, 5) is 120. The number of aliphatic hydroxyl groups is 1. The molecule has 2 rings (SSSR count). The zero-order valence-corrected chi connectivity index (χ0v) is 41.3. The van der Waals surface area contributed by atoms with Gasteiger partial charge in [0.25, 0.3) is 0 Å². The first kappa shape index (κ1) is 58.7. The van der Waals surface area contributed by atoms with Crippen molar-refractivity contribution in [2.45, 2.75) is 149 Å². The van der Waals surface area contributed by atoms with Crippen molar-refractivity contribution in [3.05, 3.63) is 71.8 Å². The molecule has 2 aromatic rings. The van der Waals surface area contributed by atoms with Crippen molar-refractivity contribution in [3.8, 4) is 0 Å². The van der Waals surface area contributed by atoms with Crippen molar-refractivity contribution in [2.24, 2.45) is 29.4 Å². The number of nitrogens with two attached hydrogens (primary N) is 1. The Balaban J connectivity index is 2.35. The SMILES string of the molecule is CC[C@H](C)[C@H](NC(=O)CN)C(=O)N[C@H](CC(C)C)NC(=O)CC(=O)N[C@@H](Cc1ccccc1)C(=O)N[C@H](C(=O)N[C@@H](Cc1ccccc1)C(=O)N[C@H](C(=O)N[C@@H](CC(C)C)C(=O)O)[C@@H](C)O)C(C)C. The Bertz CT molecular complexity index is 2020. The number of carbonyl (C=O) groups excluding carboxylic acids is 8. The number of aliphatic carboxylic acids is 1. The van der Waals surface area contributed by atoms with Gasteiger partial charge in [-0.25, -0.2) is 4.79 Å². The molecule has 0 radical (unpaired) electrons. The first-order valence-corrected chi connectivity index (χ1v) is 23.5. The number of rotatable bonds is 29. The molecule has 0 bridgehead atoms. The van der Waals surface area contributed by atoms with E-state index in [4.69, 9.17) is 5.73 Å². The van der Waals surface area contributed by atoms with Crippen LogP contribution in [0, 0.1) is 23.7 Å². The topological polar surface area (TPSA) is 316 Å². The summed E-state index contributed by atoms with van der Waals surface area (Å²) in [7, 11) is 0. The molecule has 9 atom stereocenters. The largest absolute Gasteiger partial charge is 0.480 e. The van der Waals surface area contributed by atoms with Gasteiger partial charge in [0.05, 0.1) is 12.6 Å². The molecule has 0 unspecified atom stereocenters. The molecule has 0 saturated carbocycles. The molecule has 382 valence electrons. The van der Waals surface area contributed by atoms with Crippen LogP contribution in [0.2, 0.25) is 0 Å². The van der Waals surface area contributed by atoms with Crippen LogP contribution in [0.25, 0.3) is 0 Å². The van der Waals surface area contributed by atoms with Crippen molar-refractivity contribution < 1.29 is 53.4 Å². The summed E-state index contributed by atoms with van der Waals surface area (Å²) in [6.45, 7) is 15.2. The van der Waals surface area contributed by atoms with E-state index in [1.54, 1.807) is 95.3 Å². The predicted octanol–water partition coefficient (Wildman–Crippen LogP) is 0.548. The second-order valence-corrected chi connectivity index (χ2v) is 18.6. The highest BCUT2D eigenvalue weighted by Crippen LogP contribution is 2.13. The Morgan fingerprint density at radius 1 is 0.507 bits per heavy atom. The second kappa shape index (κ2) is 29.5. The van der Waals surface area contributed by atoms with Gasteiger partial charge in [0, 0.05) is 12.8 Å². The van der Waals surface area contributed by atoms with E-state index in [0.29, 0.717) is 17.5 Å². The maximum Gasteiger partial charge on any atom is 0.326 e. The highest BCUT2D eigenvalue weighted by Gasteiger charge is 2.36. The summed E-state index contributed by atoms with van der Waals surface area (Å²) in [6.07, 6.45) is -2.36. The number of carboxylic acid groups (broad SMARTS) is 1. The zero-order chi connectivity index (χ0) is 52.0. The molecule has 0 fully saturated rings. The van der Waals surface area contributed by atoms with Gasteiger partial charge in [-0.05, 0) is 54.6 Å². The summed E-state index contributed by atoms with van der Waals surface area (Å²) in [5.41, 5.74) is 6.72. The van der Waals surface area contributed by atoms with Crippen LogP contribution in [0.3, 0.4) is 0 Å². The Labute approximate surface area is 405 Å². The fourth-order valence-electron chi connectivity index (χ4n) is 7.24. The number of benzene rings is 2. The van der Waals surface area contributed by atoms with E-state index in [1.165, 1.54) is 6.92 Å².